The van der Waals surface area contributed by atoms with E-state index in [-0.39, 0.29) is 22.5 Å². The zero-order valence-electron chi connectivity index (χ0n) is 15.8. The van der Waals surface area contributed by atoms with Crippen molar-refractivity contribution in [3.05, 3.63) is 28.8 Å². The number of hydroxylamine groups is 2. The molecule has 0 aliphatic heterocycles. The standard InChI is InChI=1S/C19H31NO3/c1-9-20(10-2)23-17(22)13-11-14(18(3,4)5)16(21)15(12-13)19(6,7)8/h11-12,21H,9-10H2,1-8H3. The molecule has 0 radical (unpaired) electrons. The van der Waals surface area contributed by atoms with Crippen LogP contribution in [0.5, 0.6) is 5.75 Å². The maximum absolute atomic E-state index is 12.5. The number of hydrogen-bond donors (Lipinski definition) is 1. The lowest BCUT2D eigenvalue weighted by Gasteiger charge is -2.28. The van der Waals surface area contributed by atoms with Crippen LogP contribution in [0.25, 0.3) is 0 Å². The van der Waals surface area contributed by atoms with Crippen molar-refractivity contribution in [1.82, 2.24) is 5.06 Å². The van der Waals surface area contributed by atoms with Crippen LogP contribution >= 0.6 is 0 Å². The summed E-state index contributed by atoms with van der Waals surface area (Å²) in [5, 5.41) is 12.3. The molecule has 0 aliphatic carbocycles. The average molecular weight is 321 g/mol. The van der Waals surface area contributed by atoms with Crippen LogP contribution in [0.3, 0.4) is 0 Å². The van der Waals surface area contributed by atoms with Crippen molar-refractivity contribution in [3.63, 3.8) is 0 Å². The zero-order valence-corrected chi connectivity index (χ0v) is 15.8. The minimum absolute atomic E-state index is 0.268. The van der Waals surface area contributed by atoms with E-state index in [4.69, 9.17) is 4.84 Å². The Labute approximate surface area is 140 Å². The van der Waals surface area contributed by atoms with E-state index < -0.39 is 0 Å². The molecule has 0 fully saturated rings. The predicted molar refractivity (Wildman–Crippen MR) is 93.8 cm³/mol. The minimum Gasteiger partial charge on any atom is -0.507 e. The number of aromatic hydroxyl groups is 1. The fourth-order valence-electron chi connectivity index (χ4n) is 2.42. The van der Waals surface area contributed by atoms with Crippen LogP contribution in [-0.4, -0.2) is 29.2 Å². The second-order valence-electron chi connectivity index (χ2n) is 7.91. The van der Waals surface area contributed by atoms with Crippen molar-refractivity contribution >= 4 is 5.97 Å². The Morgan fingerprint density at radius 1 is 1.00 bits per heavy atom. The highest BCUT2D eigenvalue weighted by molar-refractivity contribution is 5.90. The lowest BCUT2D eigenvalue weighted by molar-refractivity contribution is -0.103. The number of carbonyl (C=O) groups is 1. The normalized spacial score (nSPS) is 12.6. The summed E-state index contributed by atoms with van der Waals surface area (Å²) in [6.45, 7) is 17.3. The molecular formula is C19H31NO3. The number of nitrogens with zero attached hydrogens (tertiary/aromatic N) is 1. The van der Waals surface area contributed by atoms with E-state index in [2.05, 4.69) is 0 Å². The van der Waals surface area contributed by atoms with E-state index in [0.29, 0.717) is 18.7 Å². The highest BCUT2D eigenvalue weighted by Crippen LogP contribution is 2.39. The van der Waals surface area contributed by atoms with Gasteiger partial charge in [0.25, 0.3) is 0 Å². The Balaban J connectivity index is 3.42. The lowest BCUT2D eigenvalue weighted by Crippen LogP contribution is -2.27. The van der Waals surface area contributed by atoms with E-state index in [9.17, 15) is 9.90 Å². The fourth-order valence-corrected chi connectivity index (χ4v) is 2.42. The molecule has 23 heavy (non-hydrogen) atoms. The second kappa shape index (κ2) is 6.91. The van der Waals surface area contributed by atoms with Crippen molar-refractivity contribution in [3.8, 4) is 5.75 Å². The number of hydrogen-bond acceptors (Lipinski definition) is 4. The van der Waals surface area contributed by atoms with E-state index in [0.717, 1.165) is 11.1 Å². The molecule has 1 aromatic carbocycles. The van der Waals surface area contributed by atoms with E-state index in [1.807, 2.05) is 55.4 Å². The second-order valence-corrected chi connectivity index (χ2v) is 7.91. The molecule has 0 aliphatic rings. The van der Waals surface area contributed by atoms with E-state index in [1.165, 1.54) is 0 Å². The summed E-state index contributed by atoms with van der Waals surface area (Å²) >= 11 is 0. The van der Waals surface area contributed by atoms with E-state index >= 15 is 0 Å². The van der Waals surface area contributed by atoms with Gasteiger partial charge in [0, 0.05) is 24.2 Å². The molecule has 0 bridgehead atoms. The minimum atomic E-state index is -0.385. The molecule has 0 saturated carbocycles. The Bertz CT molecular complexity index is 526. The zero-order chi connectivity index (χ0) is 18.0. The van der Waals surface area contributed by atoms with Gasteiger partial charge < -0.3 is 9.94 Å². The molecule has 0 unspecified atom stereocenters. The largest absolute Gasteiger partial charge is 0.507 e. The maximum Gasteiger partial charge on any atom is 0.357 e. The Morgan fingerprint density at radius 2 is 1.39 bits per heavy atom. The van der Waals surface area contributed by atoms with Gasteiger partial charge in [-0.2, -0.15) is 0 Å². The first-order valence-corrected chi connectivity index (χ1v) is 8.27. The smallest absolute Gasteiger partial charge is 0.357 e. The van der Waals surface area contributed by atoms with Gasteiger partial charge in [-0.15, -0.1) is 5.06 Å². The summed E-state index contributed by atoms with van der Waals surface area (Å²) in [6, 6.07) is 3.49. The van der Waals surface area contributed by atoms with Gasteiger partial charge >= 0.3 is 5.97 Å². The third-order valence-corrected chi connectivity index (χ3v) is 3.88. The van der Waals surface area contributed by atoms with Gasteiger partial charge in [-0.3, -0.25) is 0 Å². The molecule has 0 saturated heterocycles. The number of phenols is 1. The van der Waals surface area contributed by atoms with Crippen molar-refractivity contribution in [2.75, 3.05) is 13.1 Å². The van der Waals surface area contributed by atoms with Crippen molar-refractivity contribution in [2.24, 2.45) is 0 Å². The summed E-state index contributed by atoms with van der Waals surface area (Å²) in [5.74, 6) is -0.117. The van der Waals surface area contributed by atoms with Gasteiger partial charge in [-0.1, -0.05) is 41.5 Å². The average Bonchev–Trinajstić information content (AvgIpc) is 2.42. The molecule has 0 amide bonds. The molecule has 1 rings (SSSR count). The number of carbonyl (C=O) groups excluding carboxylic acids is 1. The van der Waals surface area contributed by atoms with Crippen LogP contribution in [0.2, 0.25) is 0 Å². The Morgan fingerprint density at radius 3 is 1.70 bits per heavy atom. The molecule has 0 spiro atoms. The fraction of sp³-hybridized carbons (Fsp3) is 0.632. The number of rotatable bonds is 4. The van der Waals surface area contributed by atoms with Gasteiger partial charge in [-0.05, 0) is 36.8 Å². The summed E-state index contributed by atoms with van der Waals surface area (Å²) in [7, 11) is 0. The predicted octanol–water partition coefficient (Wildman–Crippen LogP) is 4.40. The third-order valence-electron chi connectivity index (χ3n) is 3.88. The molecule has 0 aromatic heterocycles. The van der Waals surface area contributed by atoms with Crippen LogP contribution in [0, 0.1) is 0 Å². The van der Waals surface area contributed by atoms with Crippen molar-refractivity contribution < 1.29 is 14.7 Å². The molecule has 130 valence electrons. The van der Waals surface area contributed by atoms with Crippen LogP contribution in [0.1, 0.15) is 76.9 Å². The Kier molecular flexibility index (Phi) is 5.86. The van der Waals surface area contributed by atoms with Gasteiger partial charge in [0.15, 0.2) is 0 Å². The molecule has 4 nitrogen and oxygen atoms in total. The van der Waals surface area contributed by atoms with Crippen LogP contribution in [0.4, 0.5) is 0 Å². The summed E-state index contributed by atoms with van der Waals surface area (Å²) in [6.07, 6.45) is 0. The van der Waals surface area contributed by atoms with Gasteiger partial charge in [0.1, 0.15) is 5.75 Å². The SMILES string of the molecule is CCN(CC)OC(=O)c1cc(C(C)(C)C)c(O)c(C(C)(C)C)c1. The first-order chi connectivity index (χ1) is 10.4. The van der Waals surface area contributed by atoms with Crippen molar-refractivity contribution in [2.45, 2.75) is 66.2 Å². The van der Waals surface area contributed by atoms with Crippen LogP contribution in [0.15, 0.2) is 12.1 Å². The molecule has 0 atom stereocenters. The number of phenolic OH excluding ortho intramolecular Hbond substituents is 1. The van der Waals surface area contributed by atoms with Gasteiger partial charge in [0.2, 0.25) is 0 Å². The number of benzene rings is 1. The summed E-state index contributed by atoms with van der Waals surface area (Å²) in [4.78, 5) is 17.9. The van der Waals surface area contributed by atoms with Crippen molar-refractivity contribution in [1.29, 1.82) is 0 Å². The molecule has 4 heteroatoms. The van der Waals surface area contributed by atoms with Gasteiger partial charge in [0.05, 0.1) is 5.56 Å². The lowest BCUT2D eigenvalue weighted by atomic mass is 9.78. The molecule has 1 N–H and O–H groups in total. The van der Waals surface area contributed by atoms with Crippen LogP contribution < -0.4 is 0 Å². The quantitative estimate of drug-likeness (QED) is 0.835. The molecular weight excluding hydrogens is 290 g/mol. The first kappa shape index (κ1) is 19.5. The highest BCUT2D eigenvalue weighted by Gasteiger charge is 2.28. The highest BCUT2D eigenvalue weighted by atomic mass is 16.7. The summed E-state index contributed by atoms with van der Waals surface area (Å²) in [5.41, 5.74) is 1.46. The van der Waals surface area contributed by atoms with Gasteiger partial charge in [-0.25, -0.2) is 4.79 Å². The van der Waals surface area contributed by atoms with E-state index in [1.54, 1.807) is 17.2 Å². The third kappa shape index (κ3) is 4.71. The Hall–Kier alpha value is -1.55. The van der Waals surface area contributed by atoms with Crippen LogP contribution in [-0.2, 0) is 15.7 Å². The maximum atomic E-state index is 12.5. The molecule has 1 aromatic rings. The monoisotopic (exact) mass is 321 g/mol. The first-order valence-electron chi connectivity index (χ1n) is 8.27. The summed E-state index contributed by atoms with van der Waals surface area (Å²) < 4.78 is 0. The molecule has 0 heterocycles. The topological polar surface area (TPSA) is 49.8 Å².